The summed E-state index contributed by atoms with van der Waals surface area (Å²) in [4.78, 5) is 26.1. The molecule has 0 saturated carbocycles. The van der Waals surface area contributed by atoms with Crippen LogP contribution in [-0.2, 0) is 11.2 Å². The van der Waals surface area contributed by atoms with E-state index in [0.717, 1.165) is 12.8 Å². The van der Waals surface area contributed by atoms with Gasteiger partial charge in [-0.3, -0.25) is 4.90 Å². The third-order valence-electron chi connectivity index (χ3n) is 3.19. The Balaban J connectivity index is 1.90. The minimum atomic E-state index is -0.929. The molecule has 7 heteroatoms. The number of urea groups is 1. The Bertz CT molecular complexity index is 464. The molecule has 2 rings (SSSR count). The number of rotatable bonds is 5. The maximum Gasteiger partial charge on any atom is 0.327 e. The van der Waals surface area contributed by atoms with Crippen molar-refractivity contribution in [2.24, 2.45) is 0 Å². The van der Waals surface area contributed by atoms with E-state index in [2.05, 4.69) is 5.32 Å². The van der Waals surface area contributed by atoms with Gasteiger partial charge in [-0.15, -0.1) is 23.1 Å². The second-order valence-electron chi connectivity index (χ2n) is 4.52. The van der Waals surface area contributed by atoms with Gasteiger partial charge in [-0.2, -0.15) is 0 Å². The predicted molar refractivity (Wildman–Crippen MR) is 81.2 cm³/mol. The van der Waals surface area contributed by atoms with Crippen LogP contribution in [0.1, 0.15) is 18.2 Å². The number of carboxylic acids is 1. The van der Waals surface area contributed by atoms with Gasteiger partial charge in [0.25, 0.3) is 0 Å². The molecule has 1 aromatic rings. The summed E-state index contributed by atoms with van der Waals surface area (Å²) in [6.07, 6.45) is 1.53. The summed E-state index contributed by atoms with van der Waals surface area (Å²) < 4.78 is 0. The number of hydrogen-bond acceptors (Lipinski definition) is 4. The lowest BCUT2D eigenvalue weighted by molar-refractivity contribution is -0.141. The molecular formula is C13H18N2O3S2. The molecule has 1 fully saturated rings. The van der Waals surface area contributed by atoms with Gasteiger partial charge in [0, 0.05) is 17.2 Å². The fourth-order valence-corrected chi connectivity index (χ4v) is 4.23. The average Bonchev–Trinajstić information content (AvgIpc) is 3.07. The number of carbonyl (C=O) groups excluding carboxylic acids is 1. The smallest absolute Gasteiger partial charge is 0.327 e. The molecule has 1 aromatic heterocycles. The van der Waals surface area contributed by atoms with Crippen molar-refractivity contribution < 1.29 is 14.7 Å². The van der Waals surface area contributed by atoms with Crippen LogP contribution in [-0.4, -0.2) is 45.7 Å². The first-order valence-electron chi connectivity index (χ1n) is 6.56. The first-order valence-corrected chi connectivity index (χ1v) is 8.49. The van der Waals surface area contributed by atoms with Gasteiger partial charge in [-0.25, -0.2) is 9.59 Å². The summed E-state index contributed by atoms with van der Waals surface area (Å²) in [5.41, 5.74) is 0. The Morgan fingerprint density at radius 3 is 2.95 bits per heavy atom. The molecule has 0 bridgehead atoms. The monoisotopic (exact) mass is 314 g/mol. The standard InChI is InChI=1S/C13H18N2O3S2/c1-2-11-15(10(8-20-11)12(16)17)13(18)14-6-5-9-4-3-7-19-9/h3-4,7,10-11H,2,5-6,8H2,1H3,(H,14,18)(H,16,17). The number of carbonyl (C=O) groups is 2. The molecule has 1 aliphatic heterocycles. The Kier molecular flexibility index (Phi) is 5.31. The highest BCUT2D eigenvalue weighted by molar-refractivity contribution is 8.00. The fourth-order valence-electron chi connectivity index (χ4n) is 2.18. The van der Waals surface area contributed by atoms with Gasteiger partial charge in [0.05, 0.1) is 5.37 Å². The molecule has 0 aliphatic carbocycles. The van der Waals surface area contributed by atoms with E-state index in [1.165, 1.54) is 21.5 Å². The lowest BCUT2D eigenvalue weighted by Gasteiger charge is -2.26. The van der Waals surface area contributed by atoms with E-state index in [9.17, 15) is 14.7 Å². The van der Waals surface area contributed by atoms with Crippen LogP contribution >= 0.6 is 23.1 Å². The molecule has 0 radical (unpaired) electrons. The molecule has 2 amide bonds. The molecule has 2 atom stereocenters. The third-order valence-corrected chi connectivity index (χ3v) is 5.58. The minimum absolute atomic E-state index is 0.0437. The van der Waals surface area contributed by atoms with Crippen LogP contribution in [0.2, 0.25) is 0 Å². The van der Waals surface area contributed by atoms with Gasteiger partial charge in [-0.05, 0) is 24.3 Å². The number of nitrogens with one attached hydrogen (secondary N) is 1. The number of amides is 2. The van der Waals surface area contributed by atoms with Crippen LogP contribution in [0.5, 0.6) is 0 Å². The van der Waals surface area contributed by atoms with Gasteiger partial charge in [0.1, 0.15) is 6.04 Å². The molecule has 0 aromatic carbocycles. The summed E-state index contributed by atoms with van der Waals surface area (Å²) >= 11 is 3.19. The Morgan fingerprint density at radius 2 is 2.35 bits per heavy atom. The Labute approximate surface area is 126 Å². The van der Waals surface area contributed by atoms with Crippen molar-refractivity contribution >= 4 is 35.1 Å². The highest BCUT2D eigenvalue weighted by Gasteiger charge is 2.40. The molecule has 2 unspecified atom stereocenters. The number of carboxylic acid groups (broad SMARTS) is 1. The summed E-state index contributed by atoms with van der Waals surface area (Å²) in [6, 6.07) is 3.02. The van der Waals surface area contributed by atoms with E-state index >= 15 is 0 Å². The highest BCUT2D eigenvalue weighted by Crippen LogP contribution is 2.31. The maximum absolute atomic E-state index is 12.2. The molecule has 1 aliphatic rings. The average molecular weight is 314 g/mol. The van der Waals surface area contributed by atoms with Crippen LogP contribution in [0.15, 0.2) is 17.5 Å². The Hall–Kier alpha value is -1.21. The SMILES string of the molecule is CCC1SCC(C(=O)O)N1C(=O)NCCc1cccs1. The van der Waals surface area contributed by atoms with Crippen molar-refractivity contribution in [3.8, 4) is 0 Å². The van der Waals surface area contributed by atoms with Gasteiger partial charge in [0.2, 0.25) is 0 Å². The largest absolute Gasteiger partial charge is 0.480 e. The van der Waals surface area contributed by atoms with E-state index in [4.69, 9.17) is 0 Å². The van der Waals surface area contributed by atoms with Gasteiger partial charge in [-0.1, -0.05) is 13.0 Å². The second-order valence-corrected chi connectivity index (χ2v) is 6.76. The molecule has 0 spiro atoms. The van der Waals surface area contributed by atoms with Gasteiger partial charge in [0.15, 0.2) is 0 Å². The van der Waals surface area contributed by atoms with Crippen LogP contribution in [0.4, 0.5) is 4.79 Å². The van der Waals surface area contributed by atoms with E-state index < -0.39 is 12.0 Å². The van der Waals surface area contributed by atoms with Gasteiger partial charge < -0.3 is 10.4 Å². The predicted octanol–water partition coefficient (Wildman–Crippen LogP) is 2.24. The van der Waals surface area contributed by atoms with E-state index in [-0.39, 0.29) is 11.4 Å². The number of nitrogens with zero attached hydrogens (tertiary/aromatic N) is 1. The molecule has 1 saturated heterocycles. The quantitative estimate of drug-likeness (QED) is 0.874. The number of hydrogen-bond donors (Lipinski definition) is 2. The van der Waals surface area contributed by atoms with Crippen LogP contribution < -0.4 is 5.32 Å². The minimum Gasteiger partial charge on any atom is -0.480 e. The topological polar surface area (TPSA) is 69.6 Å². The number of thioether (sulfide) groups is 1. The van der Waals surface area contributed by atoms with Gasteiger partial charge >= 0.3 is 12.0 Å². The normalized spacial score (nSPS) is 21.9. The van der Waals surface area contributed by atoms with Crippen molar-refractivity contribution in [3.05, 3.63) is 22.4 Å². The highest BCUT2D eigenvalue weighted by atomic mass is 32.2. The summed E-state index contributed by atoms with van der Waals surface area (Å²) in [6.45, 7) is 2.50. The Morgan fingerprint density at radius 1 is 1.55 bits per heavy atom. The summed E-state index contributed by atoms with van der Waals surface area (Å²) in [5, 5.41) is 14.0. The van der Waals surface area contributed by atoms with Crippen molar-refractivity contribution in [1.29, 1.82) is 0 Å². The lowest BCUT2D eigenvalue weighted by Crippen LogP contribution is -2.50. The first-order chi connectivity index (χ1) is 9.63. The van der Waals surface area contributed by atoms with Crippen LogP contribution in [0.25, 0.3) is 0 Å². The van der Waals surface area contributed by atoms with Crippen molar-refractivity contribution in [2.45, 2.75) is 31.2 Å². The van der Waals surface area contributed by atoms with E-state index in [1.807, 2.05) is 24.4 Å². The molecule has 5 nitrogen and oxygen atoms in total. The number of thiophene rings is 1. The summed E-state index contributed by atoms with van der Waals surface area (Å²) in [5.74, 6) is -0.464. The van der Waals surface area contributed by atoms with Crippen molar-refractivity contribution in [3.63, 3.8) is 0 Å². The molecule has 2 heterocycles. The summed E-state index contributed by atoms with van der Waals surface area (Å²) in [7, 11) is 0. The van der Waals surface area contributed by atoms with E-state index in [1.54, 1.807) is 11.3 Å². The second kappa shape index (κ2) is 6.99. The first kappa shape index (κ1) is 15.2. The zero-order chi connectivity index (χ0) is 14.5. The van der Waals surface area contributed by atoms with Crippen molar-refractivity contribution in [1.82, 2.24) is 10.2 Å². The lowest BCUT2D eigenvalue weighted by atomic mass is 10.2. The van der Waals surface area contributed by atoms with Crippen molar-refractivity contribution in [2.75, 3.05) is 12.3 Å². The zero-order valence-electron chi connectivity index (χ0n) is 11.2. The fraction of sp³-hybridized carbons (Fsp3) is 0.538. The molecule has 110 valence electrons. The third kappa shape index (κ3) is 3.46. The van der Waals surface area contributed by atoms with E-state index in [0.29, 0.717) is 12.3 Å². The van der Waals surface area contributed by atoms with Crippen LogP contribution in [0, 0.1) is 0 Å². The zero-order valence-corrected chi connectivity index (χ0v) is 12.9. The number of aliphatic carboxylic acids is 1. The molecule has 20 heavy (non-hydrogen) atoms. The molecular weight excluding hydrogens is 296 g/mol. The molecule has 2 N–H and O–H groups in total. The van der Waals surface area contributed by atoms with Crippen LogP contribution in [0.3, 0.4) is 0 Å². The maximum atomic E-state index is 12.2.